The predicted octanol–water partition coefficient (Wildman–Crippen LogP) is 2.95. The van der Waals surface area contributed by atoms with Crippen molar-refractivity contribution in [2.75, 3.05) is 11.9 Å². The maximum atomic E-state index is 13.5. The molecule has 0 bridgehead atoms. The molecule has 0 aromatic carbocycles. The maximum Gasteiger partial charge on any atom is 0.166 e. The molecule has 0 amide bonds. The van der Waals surface area contributed by atoms with Gasteiger partial charge in [-0.3, -0.25) is 0 Å². The average Bonchev–Trinajstić information content (AvgIpc) is 2.30. The number of hydrogen-bond acceptors (Lipinski definition) is 3. The highest BCUT2D eigenvalue weighted by molar-refractivity contribution is 9.10. The lowest BCUT2D eigenvalue weighted by Crippen LogP contribution is -2.30. The van der Waals surface area contributed by atoms with Crippen LogP contribution in [0.25, 0.3) is 0 Å². The molecule has 2 rings (SSSR count). The summed E-state index contributed by atoms with van der Waals surface area (Å²) in [6, 6.07) is 1.38. The summed E-state index contributed by atoms with van der Waals surface area (Å²) in [5, 5.41) is 12.8. The van der Waals surface area contributed by atoms with Crippen LogP contribution in [0, 0.1) is 11.7 Å². The predicted molar refractivity (Wildman–Crippen MR) is 68.3 cm³/mol. The molecule has 2 N–H and O–H groups in total. The summed E-state index contributed by atoms with van der Waals surface area (Å²) in [6.45, 7) is 0.576. The van der Waals surface area contributed by atoms with Crippen molar-refractivity contribution in [1.82, 2.24) is 4.98 Å². The largest absolute Gasteiger partial charge is 0.393 e. The molecule has 17 heavy (non-hydrogen) atoms. The molecule has 1 aromatic heterocycles. The van der Waals surface area contributed by atoms with Crippen molar-refractivity contribution in [3.63, 3.8) is 0 Å². The van der Waals surface area contributed by atoms with E-state index >= 15 is 0 Å². The van der Waals surface area contributed by atoms with E-state index < -0.39 is 0 Å². The number of anilines is 1. The second kappa shape index (κ2) is 5.78. The first-order valence-electron chi connectivity index (χ1n) is 5.90. The van der Waals surface area contributed by atoms with Crippen molar-refractivity contribution in [3.8, 4) is 0 Å². The summed E-state index contributed by atoms with van der Waals surface area (Å²) in [5.41, 5.74) is 0. The number of pyridine rings is 1. The van der Waals surface area contributed by atoms with Gasteiger partial charge in [0, 0.05) is 23.1 Å². The zero-order valence-corrected chi connectivity index (χ0v) is 11.1. The molecule has 1 aliphatic carbocycles. The smallest absolute Gasteiger partial charge is 0.166 e. The lowest BCUT2D eigenvalue weighted by Gasteiger charge is -2.27. The van der Waals surface area contributed by atoms with E-state index in [1.165, 1.54) is 6.07 Å². The maximum absolute atomic E-state index is 13.5. The molecule has 1 fully saturated rings. The van der Waals surface area contributed by atoms with E-state index in [1.807, 2.05) is 0 Å². The zero-order chi connectivity index (χ0) is 12.3. The number of halogens is 2. The minimum atomic E-state index is -0.371. The Morgan fingerprint density at radius 2 is 2.24 bits per heavy atom. The van der Waals surface area contributed by atoms with Crippen LogP contribution in [0.2, 0.25) is 0 Å². The van der Waals surface area contributed by atoms with Gasteiger partial charge in [-0.25, -0.2) is 9.37 Å². The van der Waals surface area contributed by atoms with Crippen LogP contribution in [0.5, 0.6) is 0 Å². The topological polar surface area (TPSA) is 45.1 Å². The Hall–Kier alpha value is -0.680. The Labute approximate surface area is 109 Å². The highest BCUT2D eigenvalue weighted by Crippen LogP contribution is 2.25. The zero-order valence-electron chi connectivity index (χ0n) is 9.50. The number of aliphatic hydroxyl groups is 1. The van der Waals surface area contributed by atoms with Gasteiger partial charge in [0.2, 0.25) is 0 Å². The van der Waals surface area contributed by atoms with E-state index in [9.17, 15) is 9.50 Å². The lowest BCUT2D eigenvalue weighted by atomic mass is 9.86. The summed E-state index contributed by atoms with van der Waals surface area (Å²) in [4.78, 5) is 3.97. The molecule has 2 atom stereocenters. The van der Waals surface area contributed by atoms with Crippen LogP contribution in [0.1, 0.15) is 25.7 Å². The van der Waals surface area contributed by atoms with Gasteiger partial charge in [-0.15, -0.1) is 0 Å². The molecule has 94 valence electrons. The molecule has 1 heterocycles. The van der Waals surface area contributed by atoms with Gasteiger partial charge >= 0.3 is 0 Å². The standard InChI is InChI=1S/C12H16BrFN2O/c13-9-5-10(14)12(16-7-9)15-6-8-3-1-2-4-11(8)17/h5,7-8,11,17H,1-4,6H2,(H,15,16). The number of aliphatic hydroxyl groups excluding tert-OH is 1. The highest BCUT2D eigenvalue weighted by Gasteiger charge is 2.23. The molecule has 0 spiro atoms. The molecule has 0 aliphatic heterocycles. The van der Waals surface area contributed by atoms with Gasteiger partial charge in [-0.05, 0) is 34.8 Å². The summed E-state index contributed by atoms with van der Waals surface area (Å²) in [7, 11) is 0. The number of nitrogens with one attached hydrogen (secondary N) is 1. The van der Waals surface area contributed by atoms with Crippen molar-refractivity contribution >= 4 is 21.7 Å². The monoisotopic (exact) mass is 302 g/mol. The van der Waals surface area contributed by atoms with Gasteiger partial charge in [0.05, 0.1) is 6.10 Å². The average molecular weight is 303 g/mol. The number of nitrogens with zero attached hydrogens (tertiary/aromatic N) is 1. The molecule has 1 aromatic rings. The van der Waals surface area contributed by atoms with Gasteiger partial charge in [-0.1, -0.05) is 12.8 Å². The molecular weight excluding hydrogens is 287 g/mol. The summed E-state index contributed by atoms with van der Waals surface area (Å²) in [6.07, 6.45) is 5.36. The third kappa shape index (κ3) is 3.39. The summed E-state index contributed by atoms with van der Waals surface area (Å²) >= 11 is 3.16. The van der Waals surface area contributed by atoms with Crippen molar-refractivity contribution < 1.29 is 9.50 Å². The van der Waals surface area contributed by atoms with Crippen LogP contribution in [-0.4, -0.2) is 22.7 Å². The molecular formula is C12H16BrFN2O. The normalized spacial score (nSPS) is 24.6. The number of hydrogen-bond donors (Lipinski definition) is 2. The van der Waals surface area contributed by atoms with Crippen LogP contribution in [-0.2, 0) is 0 Å². The van der Waals surface area contributed by atoms with E-state index in [1.54, 1.807) is 6.20 Å². The van der Waals surface area contributed by atoms with E-state index in [-0.39, 0.29) is 23.7 Å². The summed E-state index contributed by atoms with van der Waals surface area (Å²) in [5.74, 6) is 0.0873. The van der Waals surface area contributed by atoms with Gasteiger partial charge in [0.25, 0.3) is 0 Å². The Kier molecular flexibility index (Phi) is 4.34. The van der Waals surface area contributed by atoms with Gasteiger partial charge < -0.3 is 10.4 Å². The molecule has 0 saturated heterocycles. The first-order valence-corrected chi connectivity index (χ1v) is 6.69. The Balaban J connectivity index is 1.92. The number of rotatable bonds is 3. The van der Waals surface area contributed by atoms with Crippen LogP contribution in [0.15, 0.2) is 16.7 Å². The minimum absolute atomic E-state index is 0.202. The molecule has 3 nitrogen and oxygen atoms in total. The Morgan fingerprint density at radius 3 is 2.94 bits per heavy atom. The quantitative estimate of drug-likeness (QED) is 0.902. The molecule has 5 heteroatoms. The van der Waals surface area contributed by atoms with Crippen LogP contribution >= 0.6 is 15.9 Å². The third-order valence-electron chi connectivity index (χ3n) is 3.21. The lowest BCUT2D eigenvalue weighted by molar-refractivity contribution is 0.0762. The minimum Gasteiger partial charge on any atom is -0.393 e. The van der Waals surface area contributed by atoms with Crippen molar-refractivity contribution in [1.29, 1.82) is 0 Å². The number of aromatic nitrogens is 1. The molecule has 2 unspecified atom stereocenters. The van der Waals surface area contributed by atoms with Gasteiger partial charge in [0.15, 0.2) is 11.6 Å². The van der Waals surface area contributed by atoms with Crippen molar-refractivity contribution in [3.05, 3.63) is 22.6 Å². The Morgan fingerprint density at radius 1 is 1.47 bits per heavy atom. The van der Waals surface area contributed by atoms with E-state index in [0.29, 0.717) is 11.0 Å². The highest BCUT2D eigenvalue weighted by atomic mass is 79.9. The van der Waals surface area contributed by atoms with Crippen LogP contribution in [0.4, 0.5) is 10.2 Å². The second-order valence-electron chi connectivity index (χ2n) is 4.48. The van der Waals surface area contributed by atoms with E-state index in [0.717, 1.165) is 25.7 Å². The second-order valence-corrected chi connectivity index (χ2v) is 5.39. The SMILES string of the molecule is OC1CCCCC1CNc1ncc(Br)cc1F. The van der Waals surface area contributed by atoms with Gasteiger partial charge in [0.1, 0.15) is 0 Å². The van der Waals surface area contributed by atoms with Crippen LogP contribution < -0.4 is 5.32 Å². The fourth-order valence-corrected chi connectivity index (χ4v) is 2.50. The first kappa shape index (κ1) is 12.8. The fourth-order valence-electron chi connectivity index (χ4n) is 2.20. The third-order valence-corrected chi connectivity index (χ3v) is 3.64. The fraction of sp³-hybridized carbons (Fsp3) is 0.583. The van der Waals surface area contributed by atoms with Crippen molar-refractivity contribution in [2.24, 2.45) is 5.92 Å². The van der Waals surface area contributed by atoms with Gasteiger partial charge in [-0.2, -0.15) is 0 Å². The van der Waals surface area contributed by atoms with Crippen LogP contribution in [0.3, 0.4) is 0 Å². The molecule has 0 radical (unpaired) electrons. The molecule has 1 aliphatic rings. The first-order chi connectivity index (χ1) is 8.16. The molecule has 1 saturated carbocycles. The van der Waals surface area contributed by atoms with E-state index in [4.69, 9.17) is 0 Å². The summed E-state index contributed by atoms with van der Waals surface area (Å²) < 4.78 is 14.1. The van der Waals surface area contributed by atoms with Crippen molar-refractivity contribution in [2.45, 2.75) is 31.8 Å². The van der Waals surface area contributed by atoms with E-state index in [2.05, 4.69) is 26.2 Å². The Bertz CT molecular complexity index is 389.